The molecule has 118 valence electrons. The van der Waals surface area contributed by atoms with Crippen LogP contribution in [0.25, 0.3) is 10.2 Å². The topological polar surface area (TPSA) is 63.9 Å². The van der Waals surface area contributed by atoms with Crippen LogP contribution in [0.5, 0.6) is 0 Å². The highest BCUT2D eigenvalue weighted by Crippen LogP contribution is 2.17. The lowest BCUT2D eigenvalue weighted by Crippen LogP contribution is -2.28. The quantitative estimate of drug-likeness (QED) is 0.816. The van der Waals surface area contributed by atoms with Gasteiger partial charge in [0.2, 0.25) is 4.80 Å². The Morgan fingerprint density at radius 3 is 2.73 bits per heavy atom. The van der Waals surface area contributed by atoms with E-state index in [1.54, 1.807) is 14.1 Å². The Kier molecular flexibility index (Phi) is 5.32. The van der Waals surface area contributed by atoms with Gasteiger partial charge in [0.15, 0.2) is 0 Å². The summed E-state index contributed by atoms with van der Waals surface area (Å²) in [5.74, 6) is 0. The third-order valence-electron chi connectivity index (χ3n) is 2.98. The second-order valence-electron chi connectivity index (χ2n) is 4.94. The summed E-state index contributed by atoms with van der Waals surface area (Å²) in [5.41, 5.74) is 0.694. The zero-order valence-electron chi connectivity index (χ0n) is 12.9. The fourth-order valence-electron chi connectivity index (χ4n) is 1.77. The smallest absolute Gasteiger partial charge is 0.420 e. The summed E-state index contributed by atoms with van der Waals surface area (Å²) in [6, 6.07) is 6.99. The second kappa shape index (κ2) is 7.22. The molecule has 0 radical (unpaired) electrons. The molecule has 0 saturated carbocycles. The lowest BCUT2D eigenvalue weighted by atomic mass is 10.3. The maximum atomic E-state index is 12.3. The number of amides is 2. The number of carbonyl (C=O) groups is 2. The van der Waals surface area contributed by atoms with E-state index in [4.69, 9.17) is 4.74 Å². The molecule has 0 aliphatic heterocycles. The van der Waals surface area contributed by atoms with Gasteiger partial charge in [-0.15, -0.1) is 0 Å². The van der Waals surface area contributed by atoms with E-state index < -0.39 is 12.1 Å². The Bertz CT molecular complexity index is 746. The van der Waals surface area contributed by atoms with E-state index >= 15 is 0 Å². The first-order valence-electron chi connectivity index (χ1n) is 7.08. The van der Waals surface area contributed by atoms with Crippen LogP contribution in [-0.2, 0) is 4.74 Å². The lowest BCUT2D eigenvalue weighted by molar-refractivity contribution is 0.146. The van der Waals surface area contributed by atoms with Crippen molar-refractivity contribution in [1.82, 2.24) is 9.47 Å². The fourth-order valence-corrected chi connectivity index (χ4v) is 2.77. The van der Waals surface area contributed by atoms with E-state index in [1.807, 2.05) is 31.2 Å². The van der Waals surface area contributed by atoms with E-state index in [9.17, 15) is 9.59 Å². The molecule has 0 unspecified atom stereocenters. The monoisotopic (exact) mass is 321 g/mol. The predicted molar refractivity (Wildman–Crippen MR) is 86.1 cm³/mol. The van der Waals surface area contributed by atoms with Crippen LogP contribution in [0.4, 0.5) is 9.59 Å². The van der Waals surface area contributed by atoms with Crippen molar-refractivity contribution in [2.45, 2.75) is 19.8 Å². The highest BCUT2D eigenvalue weighted by molar-refractivity contribution is 7.16. The van der Waals surface area contributed by atoms with Crippen molar-refractivity contribution in [2.24, 2.45) is 4.99 Å². The van der Waals surface area contributed by atoms with Gasteiger partial charge >= 0.3 is 12.1 Å². The minimum atomic E-state index is -0.504. The normalized spacial score (nSPS) is 11.7. The summed E-state index contributed by atoms with van der Waals surface area (Å²) in [7, 11) is 3.23. The predicted octanol–water partition coefficient (Wildman–Crippen LogP) is 3.07. The van der Waals surface area contributed by atoms with Gasteiger partial charge in [0.1, 0.15) is 0 Å². The van der Waals surface area contributed by atoms with E-state index in [0.29, 0.717) is 16.9 Å². The molecule has 0 spiro atoms. The van der Waals surface area contributed by atoms with Gasteiger partial charge in [-0.2, -0.15) is 4.99 Å². The number of fused-ring (bicyclic) bond motifs is 1. The first-order valence-corrected chi connectivity index (χ1v) is 7.90. The molecule has 0 fully saturated rings. The van der Waals surface area contributed by atoms with Crippen LogP contribution < -0.4 is 4.80 Å². The molecule has 2 amide bonds. The van der Waals surface area contributed by atoms with Crippen LogP contribution in [0.15, 0.2) is 29.3 Å². The Balaban J connectivity index is 2.49. The highest BCUT2D eigenvalue weighted by Gasteiger charge is 2.15. The highest BCUT2D eigenvalue weighted by atomic mass is 32.1. The molecule has 22 heavy (non-hydrogen) atoms. The Labute approximate surface area is 132 Å². The molecular weight excluding hydrogens is 302 g/mol. The van der Waals surface area contributed by atoms with E-state index in [1.165, 1.54) is 20.8 Å². The molecular formula is C15H19N3O3S. The fraction of sp³-hybridized carbons (Fsp3) is 0.400. The zero-order valence-corrected chi connectivity index (χ0v) is 13.7. The SMILES string of the molecule is CCCCOC(=O)n1c(=NC(=O)N(C)C)sc2ccccc21. The van der Waals surface area contributed by atoms with Crippen LogP contribution in [0.1, 0.15) is 19.8 Å². The molecule has 2 aromatic rings. The zero-order chi connectivity index (χ0) is 16.1. The average Bonchev–Trinajstić information content (AvgIpc) is 2.85. The summed E-state index contributed by atoms with van der Waals surface area (Å²) >= 11 is 1.29. The molecule has 0 atom stereocenters. The van der Waals surface area contributed by atoms with Crippen molar-refractivity contribution in [1.29, 1.82) is 0 Å². The van der Waals surface area contributed by atoms with Gasteiger partial charge in [-0.05, 0) is 18.6 Å². The number of nitrogens with zero attached hydrogens (tertiary/aromatic N) is 3. The van der Waals surface area contributed by atoms with Crippen molar-refractivity contribution < 1.29 is 14.3 Å². The van der Waals surface area contributed by atoms with Crippen molar-refractivity contribution in [2.75, 3.05) is 20.7 Å². The lowest BCUT2D eigenvalue weighted by Gasteiger charge is -2.07. The number of urea groups is 1. The van der Waals surface area contributed by atoms with Crippen molar-refractivity contribution >= 4 is 33.7 Å². The van der Waals surface area contributed by atoms with Gasteiger partial charge in [0.25, 0.3) is 0 Å². The number of carbonyl (C=O) groups excluding carboxylic acids is 2. The van der Waals surface area contributed by atoms with E-state index in [-0.39, 0.29) is 0 Å². The molecule has 0 aliphatic carbocycles. The van der Waals surface area contributed by atoms with Gasteiger partial charge < -0.3 is 9.64 Å². The summed E-state index contributed by atoms with van der Waals surface area (Å²) in [6.07, 6.45) is 1.24. The van der Waals surface area contributed by atoms with Crippen molar-refractivity contribution in [3.8, 4) is 0 Å². The first kappa shape index (κ1) is 16.2. The van der Waals surface area contributed by atoms with Gasteiger partial charge in [0, 0.05) is 14.1 Å². The molecule has 6 nitrogen and oxygen atoms in total. The van der Waals surface area contributed by atoms with Gasteiger partial charge in [-0.25, -0.2) is 14.2 Å². The molecule has 7 heteroatoms. The average molecular weight is 321 g/mol. The maximum absolute atomic E-state index is 12.3. The van der Waals surface area contributed by atoms with Crippen LogP contribution >= 0.6 is 11.3 Å². The third-order valence-corrected chi connectivity index (χ3v) is 4.00. The van der Waals surface area contributed by atoms with Crippen LogP contribution in [-0.4, -0.2) is 42.3 Å². The molecule has 1 aromatic carbocycles. The van der Waals surface area contributed by atoms with Crippen molar-refractivity contribution in [3.63, 3.8) is 0 Å². The number of hydrogen-bond acceptors (Lipinski definition) is 4. The van der Waals surface area contributed by atoms with Gasteiger partial charge in [-0.1, -0.05) is 36.8 Å². The molecule has 1 heterocycles. The molecule has 0 N–H and O–H groups in total. The van der Waals surface area contributed by atoms with Gasteiger partial charge in [-0.3, -0.25) is 0 Å². The number of benzene rings is 1. The largest absolute Gasteiger partial charge is 0.449 e. The molecule has 1 aromatic heterocycles. The first-order chi connectivity index (χ1) is 10.5. The number of unbranched alkanes of at least 4 members (excludes halogenated alkanes) is 1. The molecule has 0 bridgehead atoms. The standard InChI is InChI=1S/C15H19N3O3S/c1-4-5-10-21-15(20)18-11-8-6-7-9-12(11)22-14(18)16-13(19)17(2)3/h6-9H,4-5,10H2,1-3H3. The number of thiazole rings is 1. The number of para-hydroxylation sites is 1. The summed E-state index contributed by atoms with van der Waals surface area (Å²) < 4.78 is 7.50. The van der Waals surface area contributed by atoms with Crippen LogP contribution in [0, 0.1) is 0 Å². The van der Waals surface area contributed by atoms with Crippen LogP contribution in [0.2, 0.25) is 0 Å². The number of aromatic nitrogens is 1. The van der Waals surface area contributed by atoms with Gasteiger partial charge in [0.05, 0.1) is 16.8 Å². The molecule has 2 rings (SSSR count). The Morgan fingerprint density at radius 1 is 1.32 bits per heavy atom. The van der Waals surface area contributed by atoms with Crippen LogP contribution in [0.3, 0.4) is 0 Å². The summed E-state index contributed by atoms with van der Waals surface area (Å²) in [4.78, 5) is 29.8. The number of rotatable bonds is 3. The molecule has 0 aliphatic rings. The molecule has 0 saturated heterocycles. The van der Waals surface area contributed by atoms with E-state index in [0.717, 1.165) is 17.5 Å². The van der Waals surface area contributed by atoms with E-state index in [2.05, 4.69) is 4.99 Å². The minimum Gasteiger partial charge on any atom is -0.449 e. The summed E-state index contributed by atoms with van der Waals surface area (Å²) in [6.45, 7) is 2.38. The third kappa shape index (κ3) is 3.54. The maximum Gasteiger partial charge on any atom is 0.420 e. The second-order valence-corrected chi connectivity index (χ2v) is 5.95. The van der Waals surface area contributed by atoms with Crippen molar-refractivity contribution in [3.05, 3.63) is 29.1 Å². The minimum absolute atomic E-state index is 0.321. The number of ether oxygens (including phenoxy) is 1. The summed E-state index contributed by atoms with van der Waals surface area (Å²) in [5, 5.41) is 0. The number of hydrogen-bond donors (Lipinski definition) is 0. The Morgan fingerprint density at radius 2 is 2.05 bits per heavy atom. The Hall–Kier alpha value is -2.15.